The molecule has 3 heterocycles. The van der Waals surface area contributed by atoms with Gasteiger partial charge >= 0.3 is 0 Å². The second-order valence-electron chi connectivity index (χ2n) is 6.97. The lowest BCUT2D eigenvalue weighted by Crippen LogP contribution is -2.22. The Balaban J connectivity index is 1.61. The number of imidazole rings is 1. The number of ether oxygens (including phenoxy) is 1. The molecule has 0 spiro atoms. The van der Waals surface area contributed by atoms with Gasteiger partial charge in [0.15, 0.2) is 0 Å². The highest BCUT2D eigenvalue weighted by Crippen LogP contribution is 2.48. The molecule has 1 aliphatic carbocycles. The summed E-state index contributed by atoms with van der Waals surface area (Å²) >= 11 is 0. The number of hydrogen-bond donors (Lipinski definition) is 2. The van der Waals surface area contributed by atoms with Crippen molar-refractivity contribution in [2.45, 2.75) is 31.1 Å². The number of fused-ring (bicyclic) bond motifs is 1. The standard InChI is InChI=1S/C20H18N6O/c21-10-15-16(12-4-6-14(7-5-12)26-9-8-23-11-26)17-18(13-2-1-3-13)24-25-20(17)27-19(15)22/h4-9,11,13,16H,1-3,22H2,(H,24,25). The largest absolute Gasteiger partial charge is 0.420 e. The Bertz CT molecular complexity index is 1050. The van der Waals surface area contributed by atoms with Crippen LogP contribution in [-0.4, -0.2) is 19.7 Å². The summed E-state index contributed by atoms with van der Waals surface area (Å²) in [7, 11) is 0. The molecule has 1 saturated carbocycles. The van der Waals surface area contributed by atoms with Gasteiger partial charge in [-0.3, -0.25) is 5.10 Å². The first-order chi connectivity index (χ1) is 13.3. The normalized spacial score (nSPS) is 19.1. The van der Waals surface area contributed by atoms with Crippen molar-refractivity contribution >= 4 is 0 Å². The molecule has 27 heavy (non-hydrogen) atoms. The van der Waals surface area contributed by atoms with Gasteiger partial charge in [0.05, 0.1) is 17.8 Å². The summed E-state index contributed by atoms with van der Waals surface area (Å²) in [6.45, 7) is 0. The second-order valence-corrected chi connectivity index (χ2v) is 6.97. The first kappa shape index (κ1) is 15.7. The average molecular weight is 358 g/mol. The van der Waals surface area contributed by atoms with Crippen molar-refractivity contribution in [2.75, 3.05) is 0 Å². The number of hydrogen-bond acceptors (Lipinski definition) is 5. The summed E-state index contributed by atoms with van der Waals surface area (Å²) in [6.07, 6.45) is 8.86. The number of benzene rings is 1. The third kappa shape index (κ3) is 2.41. The molecule has 0 amide bonds. The fourth-order valence-corrected chi connectivity index (χ4v) is 3.86. The van der Waals surface area contributed by atoms with Gasteiger partial charge in [0.1, 0.15) is 11.6 Å². The minimum Gasteiger partial charge on any atom is -0.420 e. The molecule has 3 N–H and O–H groups in total. The van der Waals surface area contributed by atoms with Gasteiger partial charge in [0.2, 0.25) is 11.8 Å². The number of nitrogens with zero attached hydrogens (tertiary/aromatic N) is 4. The van der Waals surface area contributed by atoms with E-state index in [1.165, 1.54) is 6.42 Å². The summed E-state index contributed by atoms with van der Waals surface area (Å²) in [4.78, 5) is 4.08. The number of rotatable bonds is 3. The number of aromatic amines is 1. The van der Waals surface area contributed by atoms with E-state index < -0.39 is 0 Å². The van der Waals surface area contributed by atoms with Crippen molar-refractivity contribution in [2.24, 2.45) is 5.73 Å². The Labute approximate surface area is 156 Å². The van der Waals surface area contributed by atoms with Crippen LogP contribution >= 0.6 is 0 Å². The fraction of sp³-hybridized carbons (Fsp3) is 0.250. The number of nitrogens with two attached hydrogens (primary N) is 1. The molecule has 1 fully saturated rings. The number of nitriles is 1. The van der Waals surface area contributed by atoms with Crippen LogP contribution < -0.4 is 10.5 Å². The second kappa shape index (κ2) is 6.02. The summed E-state index contributed by atoms with van der Waals surface area (Å²) in [6, 6.07) is 10.3. The molecule has 1 atom stereocenters. The lowest BCUT2D eigenvalue weighted by Gasteiger charge is -2.29. The Kier molecular flexibility index (Phi) is 3.50. The Morgan fingerprint density at radius 3 is 2.70 bits per heavy atom. The van der Waals surface area contributed by atoms with Crippen LogP contribution in [0.5, 0.6) is 5.88 Å². The van der Waals surface area contributed by atoms with E-state index in [9.17, 15) is 5.26 Å². The van der Waals surface area contributed by atoms with Gasteiger partial charge in [0.25, 0.3) is 0 Å². The molecule has 7 nitrogen and oxygen atoms in total. The summed E-state index contributed by atoms with van der Waals surface area (Å²) in [5, 5.41) is 17.2. The summed E-state index contributed by atoms with van der Waals surface area (Å²) < 4.78 is 7.59. The highest BCUT2D eigenvalue weighted by atomic mass is 16.5. The number of nitrogens with one attached hydrogen (secondary N) is 1. The SMILES string of the molecule is N#CC1=C(N)Oc2n[nH]c(C3CCC3)c2C1c1ccc(-n2ccnc2)cc1. The van der Waals surface area contributed by atoms with E-state index in [-0.39, 0.29) is 11.8 Å². The third-order valence-corrected chi connectivity index (χ3v) is 5.51. The Morgan fingerprint density at radius 1 is 1.26 bits per heavy atom. The lowest BCUT2D eigenvalue weighted by atomic mass is 9.76. The van der Waals surface area contributed by atoms with E-state index in [0.29, 0.717) is 17.4 Å². The van der Waals surface area contributed by atoms with Gasteiger partial charge in [0, 0.05) is 29.7 Å². The van der Waals surface area contributed by atoms with E-state index in [4.69, 9.17) is 10.5 Å². The van der Waals surface area contributed by atoms with Crippen LogP contribution in [0.15, 0.2) is 54.4 Å². The quantitative estimate of drug-likeness (QED) is 0.748. The maximum absolute atomic E-state index is 9.75. The zero-order valence-corrected chi connectivity index (χ0v) is 14.6. The van der Waals surface area contributed by atoms with Crippen LogP contribution in [0.4, 0.5) is 0 Å². The van der Waals surface area contributed by atoms with Gasteiger partial charge in [-0.05, 0) is 30.5 Å². The molecule has 2 aliphatic rings. The molecule has 0 saturated heterocycles. The minimum absolute atomic E-state index is 0.125. The Hall–Kier alpha value is -3.53. The molecule has 134 valence electrons. The molecule has 1 aliphatic heterocycles. The highest BCUT2D eigenvalue weighted by Gasteiger charge is 2.38. The van der Waals surface area contributed by atoms with Crippen LogP contribution in [0.1, 0.15) is 47.9 Å². The zero-order chi connectivity index (χ0) is 18.4. The van der Waals surface area contributed by atoms with Crippen LogP contribution in [0.25, 0.3) is 5.69 Å². The Morgan fingerprint density at radius 2 is 2.07 bits per heavy atom. The molecular formula is C20H18N6O. The van der Waals surface area contributed by atoms with Gasteiger partial charge in [-0.25, -0.2) is 4.98 Å². The molecule has 1 unspecified atom stereocenters. The molecule has 0 bridgehead atoms. The van der Waals surface area contributed by atoms with E-state index in [1.807, 2.05) is 35.0 Å². The molecule has 0 radical (unpaired) electrons. The summed E-state index contributed by atoms with van der Waals surface area (Å²) in [5.74, 6) is 0.777. The van der Waals surface area contributed by atoms with E-state index in [0.717, 1.165) is 35.3 Å². The van der Waals surface area contributed by atoms with Gasteiger partial charge in [-0.1, -0.05) is 18.6 Å². The number of allylic oxidation sites excluding steroid dienone is 1. The van der Waals surface area contributed by atoms with Crippen LogP contribution in [-0.2, 0) is 0 Å². The van der Waals surface area contributed by atoms with Crippen molar-refractivity contribution in [1.29, 1.82) is 5.26 Å². The molecule has 3 aromatic rings. The van der Waals surface area contributed by atoms with E-state index in [1.54, 1.807) is 12.5 Å². The van der Waals surface area contributed by atoms with Crippen molar-refractivity contribution in [1.82, 2.24) is 19.7 Å². The monoisotopic (exact) mass is 358 g/mol. The zero-order valence-electron chi connectivity index (χ0n) is 14.6. The first-order valence-corrected chi connectivity index (χ1v) is 9.00. The smallest absolute Gasteiger partial charge is 0.244 e. The maximum atomic E-state index is 9.75. The van der Waals surface area contributed by atoms with Crippen LogP contribution in [0.2, 0.25) is 0 Å². The number of H-pyrrole nitrogens is 1. The van der Waals surface area contributed by atoms with E-state index in [2.05, 4.69) is 21.3 Å². The predicted octanol–water partition coefficient (Wildman–Crippen LogP) is 3.08. The predicted molar refractivity (Wildman–Crippen MR) is 98.0 cm³/mol. The third-order valence-electron chi connectivity index (χ3n) is 5.51. The minimum atomic E-state index is -0.273. The fourth-order valence-electron chi connectivity index (χ4n) is 3.86. The van der Waals surface area contributed by atoms with E-state index >= 15 is 0 Å². The topological polar surface area (TPSA) is 106 Å². The molecule has 5 rings (SSSR count). The van der Waals surface area contributed by atoms with Gasteiger partial charge in [-0.15, -0.1) is 5.10 Å². The van der Waals surface area contributed by atoms with Crippen LogP contribution in [0.3, 0.4) is 0 Å². The van der Waals surface area contributed by atoms with Crippen molar-refractivity contribution in [3.05, 3.63) is 71.3 Å². The number of aromatic nitrogens is 4. The summed E-state index contributed by atoms with van der Waals surface area (Å²) in [5.41, 5.74) is 10.5. The molecule has 1 aromatic carbocycles. The highest BCUT2D eigenvalue weighted by molar-refractivity contribution is 5.56. The van der Waals surface area contributed by atoms with Crippen LogP contribution in [0, 0.1) is 11.3 Å². The van der Waals surface area contributed by atoms with Gasteiger partial charge < -0.3 is 15.0 Å². The van der Waals surface area contributed by atoms with Crippen molar-refractivity contribution < 1.29 is 4.74 Å². The first-order valence-electron chi connectivity index (χ1n) is 9.00. The lowest BCUT2D eigenvalue weighted by molar-refractivity contribution is 0.376. The maximum Gasteiger partial charge on any atom is 0.244 e. The van der Waals surface area contributed by atoms with Crippen molar-refractivity contribution in [3.63, 3.8) is 0 Å². The van der Waals surface area contributed by atoms with Gasteiger partial charge in [-0.2, -0.15) is 5.26 Å². The molecule has 2 aromatic heterocycles. The molecular weight excluding hydrogens is 340 g/mol. The average Bonchev–Trinajstić information content (AvgIpc) is 3.30. The molecule has 7 heteroatoms. The van der Waals surface area contributed by atoms with Crippen molar-refractivity contribution in [3.8, 4) is 17.6 Å².